The van der Waals surface area contributed by atoms with E-state index in [1.54, 1.807) is 4.57 Å². The molecule has 6 nitrogen and oxygen atoms in total. The first-order chi connectivity index (χ1) is 13.3. The number of carbonyl (C=O) groups is 1. The molecule has 6 heteroatoms. The smallest absolute Gasteiger partial charge is 0.326 e. The third-order valence-corrected chi connectivity index (χ3v) is 5.19. The summed E-state index contributed by atoms with van der Waals surface area (Å²) in [5, 5.41) is 9.56. The third kappa shape index (κ3) is 3.39. The molecule has 3 aromatic heterocycles. The lowest BCUT2D eigenvalue weighted by Gasteiger charge is -2.15. The van der Waals surface area contributed by atoms with Gasteiger partial charge in [0.25, 0.3) is 0 Å². The van der Waals surface area contributed by atoms with Crippen LogP contribution in [-0.2, 0) is 11.2 Å². The average molecular weight is 380 g/mol. The van der Waals surface area contributed by atoms with Crippen LogP contribution in [0.5, 0.6) is 0 Å². The van der Waals surface area contributed by atoms with Crippen LogP contribution in [0.15, 0.2) is 18.3 Å². The predicted octanol–water partition coefficient (Wildman–Crippen LogP) is 4.83. The summed E-state index contributed by atoms with van der Waals surface area (Å²) in [6, 6.07) is 3.50. The predicted molar refractivity (Wildman–Crippen MR) is 111 cm³/mol. The molecule has 1 N–H and O–H groups in total. The van der Waals surface area contributed by atoms with E-state index in [-0.39, 0.29) is 0 Å². The van der Waals surface area contributed by atoms with Crippen molar-refractivity contribution >= 4 is 17.1 Å². The Labute approximate surface area is 165 Å². The van der Waals surface area contributed by atoms with Gasteiger partial charge in [-0.2, -0.15) is 0 Å². The Morgan fingerprint density at radius 1 is 1.14 bits per heavy atom. The Bertz CT molecular complexity index is 1040. The van der Waals surface area contributed by atoms with Gasteiger partial charge in [-0.25, -0.2) is 14.8 Å². The molecule has 0 aliphatic heterocycles. The summed E-state index contributed by atoms with van der Waals surface area (Å²) in [5.74, 6) is -0.489. The highest BCUT2D eigenvalue weighted by molar-refractivity contribution is 5.82. The molecular formula is C22H28N4O2. The maximum Gasteiger partial charge on any atom is 0.326 e. The van der Waals surface area contributed by atoms with Gasteiger partial charge >= 0.3 is 5.97 Å². The maximum absolute atomic E-state index is 11.7. The molecule has 148 valence electrons. The maximum atomic E-state index is 11.7. The van der Waals surface area contributed by atoms with Gasteiger partial charge < -0.3 is 9.67 Å². The highest BCUT2D eigenvalue weighted by Crippen LogP contribution is 2.30. The van der Waals surface area contributed by atoms with Crippen LogP contribution in [-0.4, -0.2) is 30.6 Å². The minimum absolute atomic E-state index is 0.368. The van der Waals surface area contributed by atoms with Crippen molar-refractivity contribution in [2.75, 3.05) is 0 Å². The van der Waals surface area contributed by atoms with Gasteiger partial charge in [0.05, 0.1) is 11.4 Å². The van der Waals surface area contributed by atoms with E-state index < -0.39 is 12.0 Å². The van der Waals surface area contributed by atoms with Gasteiger partial charge in [0, 0.05) is 23.1 Å². The highest BCUT2D eigenvalue weighted by atomic mass is 16.4. The second-order valence-corrected chi connectivity index (χ2v) is 7.55. The molecule has 0 aliphatic rings. The molecule has 0 unspecified atom stereocenters. The van der Waals surface area contributed by atoms with Crippen molar-refractivity contribution in [3.63, 3.8) is 0 Å². The van der Waals surface area contributed by atoms with Gasteiger partial charge in [-0.05, 0) is 50.3 Å². The molecule has 0 amide bonds. The summed E-state index contributed by atoms with van der Waals surface area (Å²) in [5.41, 5.74) is 6.97. The van der Waals surface area contributed by atoms with Gasteiger partial charge in [-0.3, -0.25) is 4.98 Å². The highest BCUT2D eigenvalue weighted by Gasteiger charge is 2.23. The molecule has 3 rings (SSSR count). The fourth-order valence-corrected chi connectivity index (χ4v) is 3.59. The average Bonchev–Trinajstić information content (AvgIpc) is 2.96. The van der Waals surface area contributed by atoms with Crippen LogP contribution in [0.1, 0.15) is 68.7 Å². The summed E-state index contributed by atoms with van der Waals surface area (Å²) in [7, 11) is 0. The summed E-state index contributed by atoms with van der Waals surface area (Å²) >= 11 is 0. The SMILES string of the molecule is CCc1nc(C(C)C)ccc1-c1nc2c(C)cn([C@@H](CC)C(=O)O)c2nc1C. The topological polar surface area (TPSA) is 80.9 Å². The molecule has 28 heavy (non-hydrogen) atoms. The van der Waals surface area contributed by atoms with E-state index in [9.17, 15) is 9.90 Å². The molecular weight excluding hydrogens is 352 g/mol. The first kappa shape index (κ1) is 20.0. The molecule has 0 aromatic carbocycles. The van der Waals surface area contributed by atoms with Crippen LogP contribution in [0, 0.1) is 13.8 Å². The Balaban J connectivity index is 2.21. The van der Waals surface area contributed by atoms with Crippen LogP contribution >= 0.6 is 0 Å². The number of aryl methyl sites for hydroxylation is 3. The summed E-state index contributed by atoms with van der Waals surface area (Å²) in [4.78, 5) is 26.2. The zero-order valence-corrected chi connectivity index (χ0v) is 17.4. The lowest BCUT2D eigenvalue weighted by atomic mass is 10.0. The minimum atomic E-state index is -0.857. The van der Waals surface area contributed by atoms with Crippen molar-refractivity contribution in [1.82, 2.24) is 19.5 Å². The van der Waals surface area contributed by atoms with Crippen LogP contribution in [0.3, 0.4) is 0 Å². The van der Waals surface area contributed by atoms with Gasteiger partial charge in [0.1, 0.15) is 11.6 Å². The molecule has 0 bridgehead atoms. The molecule has 0 spiro atoms. The zero-order valence-electron chi connectivity index (χ0n) is 17.4. The van der Waals surface area contributed by atoms with E-state index in [2.05, 4.69) is 32.9 Å². The Morgan fingerprint density at radius 2 is 1.86 bits per heavy atom. The Kier molecular flexibility index (Phi) is 5.49. The number of hydrogen-bond acceptors (Lipinski definition) is 4. The van der Waals surface area contributed by atoms with E-state index in [1.807, 2.05) is 27.0 Å². The number of fused-ring (bicyclic) bond motifs is 1. The summed E-state index contributed by atoms with van der Waals surface area (Å²) in [6.45, 7) is 12.1. The molecule has 0 aliphatic carbocycles. The van der Waals surface area contributed by atoms with Crippen molar-refractivity contribution in [2.24, 2.45) is 0 Å². The lowest BCUT2D eigenvalue weighted by Crippen LogP contribution is -2.18. The van der Waals surface area contributed by atoms with E-state index in [0.29, 0.717) is 18.0 Å². The zero-order chi connectivity index (χ0) is 20.6. The van der Waals surface area contributed by atoms with Crippen LogP contribution in [0.25, 0.3) is 22.4 Å². The van der Waals surface area contributed by atoms with Crippen LogP contribution in [0.4, 0.5) is 0 Å². The summed E-state index contributed by atoms with van der Waals surface area (Å²) < 4.78 is 1.73. The van der Waals surface area contributed by atoms with E-state index >= 15 is 0 Å². The van der Waals surface area contributed by atoms with Crippen molar-refractivity contribution in [2.45, 2.75) is 66.3 Å². The normalized spacial score (nSPS) is 12.7. The molecule has 1 atom stereocenters. The lowest BCUT2D eigenvalue weighted by molar-refractivity contribution is -0.140. The Hall–Kier alpha value is -2.76. The third-order valence-electron chi connectivity index (χ3n) is 5.19. The fraction of sp³-hybridized carbons (Fsp3) is 0.455. The van der Waals surface area contributed by atoms with Crippen LogP contribution in [0.2, 0.25) is 0 Å². The van der Waals surface area contributed by atoms with E-state index in [1.165, 1.54) is 0 Å². The molecule has 3 heterocycles. The second-order valence-electron chi connectivity index (χ2n) is 7.55. The monoisotopic (exact) mass is 380 g/mol. The first-order valence-corrected chi connectivity index (χ1v) is 9.87. The number of carboxylic acid groups (broad SMARTS) is 1. The molecule has 0 fully saturated rings. The first-order valence-electron chi connectivity index (χ1n) is 9.87. The van der Waals surface area contributed by atoms with Crippen molar-refractivity contribution in [3.05, 3.63) is 41.0 Å². The quantitative estimate of drug-likeness (QED) is 0.662. The number of aromatic nitrogens is 4. The van der Waals surface area contributed by atoms with E-state index in [4.69, 9.17) is 15.0 Å². The number of aliphatic carboxylic acids is 1. The molecule has 0 radical (unpaired) electrons. The Morgan fingerprint density at radius 3 is 2.43 bits per heavy atom. The fourth-order valence-electron chi connectivity index (χ4n) is 3.59. The van der Waals surface area contributed by atoms with Gasteiger partial charge in [-0.15, -0.1) is 0 Å². The number of nitrogens with zero attached hydrogens (tertiary/aromatic N) is 4. The number of carboxylic acids is 1. The molecule has 0 saturated heterocycles. The van der Waals surface area contributed by atoms with Gasteiger partial charge in [0.15, 0.2) is 5.65 Å². The van der Waals surface area contributed by atoms with Crippen LogP contribution < -0.4 is 0 Å². The van der Waals surface area contributed by atoms with E-state index in [0.717, 1.165) is 45.8 Å². The largest absolute Gasteiger partial charge is 0.480 e. The second kappa shape index (κ2) is 7.70. The standard InChI is InChI=1S/C22H28N4O2/c1-7-16-15(9-10-17(24-16)12(3)4)20-14(6)23-21-19(25-20)13(5)11-26(21)18(8-2)22(27)28/h9-12,18H,7-8H2,1-6H3,(H,27,28)/t18-/m0/s1. The minimum Gasteiger partial charge on any atom is -0.480 e. The molecule has 0 saturated carbocycles. The van der Waals surface area contributed by atoms with Crippen molar-refractivity contribution < 1.29 is 9.90 Å². The number of pyridine rings is 1. The van der Waals surface area contributed by atoms with Gasteiger partial charge in [0.2, 0.25) is 0 Å². The number of rotatable bonds is 6. The molecule has 3 aromatic rings. The van der Waals surface area contributed by atoms with Gasteiger partial charge in [-0.1, -0.05) is 27.7 Å². The van der Waals surface area contributed by atoms with Crippen molar-refractivity contribution in [1.29, 1.82) is 0 Å². The number of hydrogen-bond donors (Lipinski definition) is 1. The summed E-state index contributed by atoms with van der Waals surface area (Å²) in [6.07, 6.45) is 3.14. The van der Waals surface area contributed by atoms with Crippen molar-refractivity contribution in [3.8, 4) is 11.3 Å².